The highest BCUT2D eigenvalue weighted by Gasteiger charge is 2.28. The molecule has 1 aromatic carbocycles. The number of aromatic nitrogens is 1. The van der Waals surface area contributed by atoms with E-state index in [-0.39, 0.29) is 11.9 Å². The van der Waals surface area contributed by atoms with E-state index in [1.807, 2.05) is 32.0 Å². The Morgan fingerprint density at radius 1 is 1.30 bits per heavy atom. The van der Waals surface area contributed by atoms with E-state index in [2.05, 4.69) is 10.3 Å². The van der Waals surface area contributed by atoms with E-state index in [1.54, 1.807) is 12.0 Å². The summed E-state index contributed by atoms with van der Waals surface area (Å²) in [5, 5.41) is 3.97. The van der Waals surface area contributed by atoms with Gasteiger partial charge < -0.3 is 24.7 Å². The molecule has 27 heavy (non-hydrogen) atoms. The number of fused-ring (bicyclic) bond motifs is 3. The van der Waals surface area contributed by atoms with Gasteiger partial charge in [-0.3, -0.25) is 0 Å². The maximum atomic E-state index is 12.7. The Balaban J connectivity index is 1.74. The SMILES string of the molecule is COC(=O)[C@H](CC(C)C)NC(=O)N1CCc2c([nH]c3ccc(OC)cc23)C1. The summed E-state index contributed by atoms with van der Waals surface area (Å²) < 4.78 is 10.1. The fraction of sp³-hybridized carbons (Fsp3) is 0.500. The molecule has 1 aliphatic rings. The molecule has 7 heteroatoms. The third-order valence-corrected chi connectivity index (χ3v) is 4.96. The van der Waals surface area contributed by atoms with Crippen LogP contribution in [0.5, 0.6) is 5.75 Å². The minimum atomic E-state index is -0.629. The van der Waals surface area contributed by atoms with Crippen LogP contribution in [-0.2, 0) is 22.5 Å². The van der Waals surface area contributed by atoms with Crippen LogP contribution in [0, 0.1) is 5.92 Å². The first kappa shape index (κ1) is 19.1. The van der Waals surface area contributed by atoms with Gasteiger partial charge in [-0.25, -0.2) is 9.59 Å². The van der Waals surface area contributed by atoms with Crippen molar-refractivity contribution in [1.29, 1.82) is 0 Å². The van der Waals surface area contributed by atoms with Crippen LogP contribution in [-0.4, -0.2) is 48.7 Å². The molecule has 2 amide bonds. The van der Waals surface area contributed by atoms with E-state index in [0.717, 1.165) is 28.8 Å². The number of nitrogens with one attached hydrogen (secondary N) is 2. The number of amides is 2. The maximum absolute atomic E-state index is 12.7. The lowest BCUT2D eigenvalue weighted by Crippen LogP contribution is -2.50. The summed E-state index contributed by atoms with van der Waals surface area (Å²) in [5.41, 5.74) is 3.29. The molecule has 2 heterocycles. The van der Waals surface area contributed by atoms with Crippen LogP contribution in [0.4, 0.5) is 4.79 Å². The highest BCUT2D eigenvalue weighted by Crippen LogP contribution is 2.30. The second-order valence-electron chi connectivity index (χ2n) is 7.32. The smallest absolute Gasteiger partial charge is 0.328 e. The van der Waals surface area contributed by atoms with E-state index in [1.165, 1.54) is 12.7 Å². The molecule has 0 spiro atoms. The first-order chi connectivity index (χ1) is 12.9. The number of hydrogen-bond donors (Lipinski definition) is 2. The van der Waals surface area contributed by atoms with Gasteiger partial charge in [-0.1, -0.05) is 13.8 Å². The molecule has 0 unspecified atom stereocenters. The van der Waals surface area contributed by atoms with Crippen molar-refractivity contribution >= 4 is 22.9 Å². The summed E-state index contributed by atoms with van der Waals surface area (Å²) in [4.78, 5) is 29.8. The lowest BCUT2D eigenvalue weighted by atomic mass is 10.0. The molecular weight excluding hydrogens is 346 g/mol. The number of H-pyrrole nitrogens is 1. The summed E-state index contributed by atoms with van der Waals surface area (Å²) >= 11 is 0. The lowest BCUT2D eigenvalue weighted by molar-refractivity contribution is -0.143. The number of urea groups is 1. The van der Waals surface area contributed by atoms with Gasteiger partial charge in [-0.2, -0.15) is 0 Å². The number of carbonyl (C=O) groups excluding carboxylic acids is 2. The fourth-order valence-corrected chi connectivity index (χ4v) is 3.59. The number of benzene rings is 1. The minimum absolute atomic E-state index is 0.243. The van der Waals surface area contributed by atoms with Crippen molar-refractivity contribution in [2.75, 3.05) is 20.8 Å². The molecule has 2 N–H and O–H groups in total. The molecule has 0 fully saturated rings. The Morgan fingerprint density at radius 2 is 2.07 bits per heavy atom. The number of esters is 1. The van der Waals surface area contributed by atoms with Gasteiger partial charge in [0.1, 0.15) is 11.8 Å². The van der Waals surface area contributed by atoms with Gasteiger partial charge >= 0.3 is 12.0 Å². The quantitative estimate of drug-likeness (QED) is 0.790. The molecule has 0 aliphatic carbocycles. The van der Waals surface area contributed by atoms with Crippen molar-refractivity contribution in [2.24, 2.45) is 5.92 Å². The molecular formula is C20H27N3O4. The third kappa shape index (κ3) is 4.02. The van der Waals surface area contributed by atoms with Crippen molar-refractivity contribution in [3.63, 3.8) is 0 Å². The van der Waals surface area contributed by atoms with Gasteiger partial charge in [0.2, 0.25) is 0 Å². The Bertz CT molecular complexity index is 843. The predicted octanol–water partition coefficient (Wildman–Crippen LogP) is 2.83. The summed E-state index contributed by atoms with van der Waals surface area (Å²) in [6, 6.07) is 5.06. The van der Waals surface area contributed by atoms with Crippen molar-refractivity contribution in [2.45, 2.75) is 39.3 Å². The second-order valence-corrected chi connectivity index (χ2v) is 7.32. The predicted molar refractivity (Wildman–Crippen MR) is 103 cm³/mol. The number of methoxy groups -OCH3 is 2. The molecule has 1 aliphatic heterocycles. The molecule has 1 aromatic heterocycles. The lowest BCUT2D eigenvalue weighted by Gasteiger charge is -2.29. The van der Waals surface area contributed by atoms with Crippen LogP contribution in [0.15, 0.2) is 18.2 Å². The Kier molecular flexibility index (Phi) is 5.58. The Morgan fingerprint density at radius 3 is 2.74 bits per heavy atom. The Hall–Kier alpha value is -2.70. The number of hydrogen-bond acceptors (Lipinski definition) is 4. The van der Waals surface area contributed by atoms with Gasteiger partial charge in [0.25, 0.3) is 0 Å². The molecule has 7 nitrogen and oxygen atoms in total. The van der Waals surface area contributed by atoms with Crippen LogP contribution in [0.25, 0.3) is 10.9 Å². The van der Waals surface area contributed by atoms with Gasteiger partial charge in [0.05, 0.1) is 20.8 Å². The molecule has 2 aromatic rings. The molecule has 0 bridgehead atoms. The van der Waals surface area contributed by atoms with Gasteiger partial charge in [0.15, 0.2) is 0 Å². The van der Waals surface area contributed by atoms with Crippen molar-refractivity contribution in [3.05, 3.63) is 29.5 Å². The zero-order valence-corrected chi connectivity index (χ0v) is 16.3. The third-order valence-electron chi connectivity index (χ3n) is 4.96. The topological polar surface area (TPSA) is 83.7 Å². The van der Waals surface area contributed by atoms with Crippen LogP contribution < -0.4 is 10.1 Å². The molecule has 0 saturated carbocycles. The van der Waals surface area contributed by atoms with Crippen LogP contribution >= 0.6 is 0 Å². The van der Waals surface area contributed by atoms with E-state index in [0.29, 0.717) is 19.5 Å². The average Bonchev–Trinajstić information content (AvgIpc) is 3.03. The molecule has 146 valence electrons. The molecule has 0 saturated heterocycles. The maximum Gasteiger partial charge on any atom is 0.328 e. The summed E-state index contributed by atoms with van der Waals surface area (Å²) in [5.74, 6) is 0.678. The van der Waals surface area contributed by atoms with Gasteiger partial charge in [-0.15, -0.1) is 0 Å². The fourth-order valence-electron chi connectivity index (χ4n) is 3.59. The summed E-state index contributed by atoms with van der Waals surface area (Å²) in [7, 11) is 3.00. The number of rotatable bonds is 5. The van der Waals surface area contributed by atoms with E-state index in [4.69, 9.17) is 9.47 Å². The normalized spacial score (nSPS) is 14.8. The van der Waals surface area contributed by atoms with Crippen molar-refractivity contribution < 1.29 is 19.1 Å². The monoisotopic (exact) mass is 373 g/mol. The largest absolute Gasteiger partial charge is 0.497 e. The highest BCUT2D eigenvalue weighted by atomic mass is 16.5. The van der Waals surface area contributed by atoms with Crippen LogP contribution in [0.2, 0.25) is 0 Å². The van der Waals surface area contributed by atoms with Gasteiger partial charge in [-0.05, 0) is 42.5 Å². The van der Waals surface area contributed by atoms with Crippen molar-refractivity contribution in [1.82, 2.24) is 15.2 Å². The zero-order chi connectivity index (χ0) is 19.6. The second kappa shape index (κ2) is 7.90. The number of aromatic amines is 1. The highest BCUT2D eigenvalue weighted by molar-refractivity contribution is 5.87. The van der Waals surface area contributed by atoms with Crippen molar-refractivity contribution in [3.8, 4) is 5.75 Å². The van der Waals surface area contributed by atoms with Crippen LogP contribution in [0.1, 0.15) is 31.5 Å². The van der Waals surface area contributed by atoms with E-state index >= 15 is 0 Å². The molecule has 1 atom stereocenters. The summed E-state index contributed by atoms with van der Waals surface area (Å²) in [6.07, 6.45) is 1.30. The van der Waals surface area contributed by atoms with E-state index in [9.17, 15) is 9.59 Å². The average molecular weight is 373 g/mol. The number of carbonyl (C=O) groups is 2. The number of ether oxygens (including phenoxy) is 2. The van der Waals surface area contributed by atoms with Gasteiger partial charge in [0, 0.05) is 23.1 Å². The first-order valence-corrected chi connectivity index (χ1v) is 9.23. The minimum Gasteiger partial charge on any atom is -0.497 e. The number of nitrogens with zero attached hydrogens (tertiary/aromatic N) is 1. The standard InChI is InChI=1S/C20H27N3O4/c1-12(2)9-17(19(24)27-4)22-20(25)23-8-7-14-15-10-13(26-3)5-6-16(15)21-18(14)11-23/h5-6,10,12,17,21H,7-9,11H2,1-4H3,(H,22,25)/t17-/m0/s1. The molecule has 0 radical (unpaired) electrons. The van der Waals surface area contributed by atoms with E-state index < -0.39 is 12.0 Å². The zero-order valence-electron chi connectivity index (χ0n) is 16.3. The van der Waals surface area contributed by atoms with Crippen LogP contribution in [0.3, 0.4) is 0 Å². The Labute approximate surface area is 159 Å². The summed E-state index contributed by atoms with van der Waals surface area (Å²) in [6.45, 7) is 5.09. The molecule has 3 rings (SSSR count). The first-order valence-electron chi connectivity index (χ1n) is 9.23.